The van der Waals surface area contributed by atoms with Gasteiger partial charge in [-0.2, -0.15) is 0 Å². The van der Waals surface area contributed by atoms with Crippen LogP contribution in [0.2, 0.25) is 0 Å². The van der Waals surface area contributed by atoms with Gasteiger partial charge in [0.25, 0.3) is 0 Å². The first-order valence-electron chi connectivity index (χ1n) is 8.23. The highest BCUT2D eigenvalue weighted by Crippen LogP contribution is 2.35. The minimum atomic E-state index is -0.170. The summed E-state index contributed by atoms with van der Waals surface area (Å²) in [6.07, 6.45) is 6.98. The van der Waals surface area contributed by atoms with Gasteiger partial charge in [0.2, 0.25) is 0 Å². The second-order valence-electron chi connectivity index (χ2n) is 6.63. The fourth-order valence-electron chi connectivity index (χ4n) is 3.63. The van der Waals surface area contributed by atoms with Crippen molar-refractivity contribution in [3.8, 4) is 0 Å². The molecule has 0 aliphatic carbocycles. The molecular weight excluding hydrogens is 288 g/mol. The van der Waals surface area contributed by atoms with Crippen LogP contribution in [0.3, 0.4) is 0 Å². The Kier molecular flexibility index (Phi) is 3.65. The lowest BCUT2D eigenvalue weighted by atomic mass is 9.87. The highest BCUT2D eigenvalue weighted by molar-refractivity contribution is 6.00. The van der Waals surface area contributed by atoms with E-state index in [-0.39, 0.29) is 5.60 Å². The van der Waals surface area contributed by atoms with Crippen LogP contribution < -0.4 is 0 Å². The van der Waals surface area contributed by atoms with Crippen LogP contribution in [-0.4, -0.2) is 38.9 Å². The fraction of sp³-hybridized carbons (Fsp3) is 0.444. The Bertz CT molecular complexity index is 709. The number of nitrogens with zero attached hydrogens (tertiary/aromatic N) is 4. The third-order valence-corrected chi connectivity index (χ3v) is 4.86. The molecule has 120 valence electrons. The Labute approximate surface area is 136 Å². The Balaban J connectivity index is 1.45. The monoisotopic (exact) mass is 310 g/mol. The Morgan fingerprint density at radius 3 is 3.00 bits per heavy atom. The largest absolute Gasteiger partial charge is 0.387 e. The number of aryl methyl sites for hydroxylation is 1. The van der Waals surface area contributed by atoms with E-state index in [0.717, 1.165) is 50.3 Å². The predicted octanol–water partition coefficient (Wildman–Crippen LogP) is 2.58. The van der Waals surface area contributed by atoms with Gasteiger partial charge in [-0.15, -0.1) is 0 Å². The molecule has 0 aromatic carbocycles. The average molecular weight is 310 g/mol. The predicted molar refractivity (Wildman–Crippen MR) is 89.1 cm³/mol. The molecule has 2 aromatic rings. The van der Waals surface area contributed by atoms with Gasteiger partial charge in [0, 0.05) is 44.6 Å². The van der Waals surface area contributed by atoms with Crippen LogP contribution in [-0.2, 0) is 18.4 Å². The number of pyridine rings is 1. The van der Waals surface area contributed by atoms with Crippen molar-refractivity contribution >= 4 is 5.71 Å². The van der Waals surface area contributed by atoms with E-state index in [4.69, 9.17) is 4.84 Å². The number of rotatable bonds is 3. The van der Waals surface area contributed by atoms with E-state index in [0.29, 0.717) is 0 Å². The lowest BCUT2D eigenvalue weighted by Crippen LogP contribution is -2.48. The van der Waals surface area contributed by atoms with Crippen molar-refractivity contribution < 1.29 is 4.84 Å². The minimum absolute atomic E-state index is 0.170. The second kappa shape index (κ2) is 5.81. The summed E-state index contributed by atoms with van der Waals surface area (Å²) in [5.41, 5.74) is 3.08. The minimum Gasteiger partial charge on any atom is -0.387 e. The zero-order chi connectivity index (χ0) is 15.7. The molecular formula is C18H22N4O. The number of aromatic nitrogens is 2. The molecule has 0 bridgehead atoms. The summed E-state index contributed by atoms with van der Waals surface area (Å²) < 4.78 is 2.19. The maximum atomic E-state index is 5.93. The quantitative estimate of drug-likeness (QED) is 0.875. The van der Waals surface area contributed by atoms with Gasteiger partial charge < -0.3 is 9.40 Å². The molecule has 1 atom stereocenters. The van der Waals surface area contributed by atoms with E-state index in [1.807, 2.05) is 24.4 Å². The van der Waals surface area contributed by atoms with Crippen molar-refractivity contribution in [2.75, 3.05) is 13.1 Å². The molecule has 4 rings (SSSR count). The smallest absolute Gasteiger partial charge is 0.156 e. The van der Waals surface area contributed by atoms with E-state index in [2.05, 4.69) is 45.0 Å². The lowest BCUT2D eigenvalue weighted by Gasteiger charge is -2.38. The molecule has 23 heavy (non-hydrogen) atoms. The van der Waals surface area contributed by atoms with Crippen LogP contribution in [0.15, 0.2) is 47.9 Å². The zero-order valence-electron chi connectivity index (χ0n) is 13.5. The van der Waals surface area contributed by atoms with Crippen LogP contribution in [0.1, 0.15) is 30.7 Å². The Morgan fingerprint density at radius 1 is 1.26 bits per heavy atom. The van der Waals surface area contributed by atoms with Crippen LogP contribution in [0.25, 0.3) is 0 Å². The molecule has 0 N–H and O–H groups in total. The molecule has 2 aliphatic heterocycles. The van der Waals surface area contributed by atoms with Gasteiger partial charge >= 0.3 is 0 Å². The number of likely N-dealkylation sites (tertiary alicyclic amines) is 1. The summed E-state index contributed by atoms with van der Waals surface area (Å²) in [4.78, 5) is 12.8. The number of hydrogen-bond acceptors (Lipinski definition) is 4. The molecule has 2 aliphatic rings. The van der Waals surface area contributed by atoms with Crippen molar-refractivity contribution in [2.45, 2.75) is 31.4 Å². The van der Waals surface area contributed by atoms with Gasteiger partial charge in [0.1, 0.15) is 5.71 Å². The first-order valence-corrected chi connectivity index (χ1v) is 8.23. The van der Waals surface area contributed by atoms with Gasteiger partial charge in [-0.1, -0.05) is 11.2 Å². The van der Waals surface area contributed by atoms with Gasteiger partial charge in [-0.3, -0.25) is 9.88 Å². The highest BCUT2D eigenvalue weighted by Gasteiger charge is 2.43. The summed E-state index contributed by atoms with van der Waals surface area (Å²) in [6.45, 7) is 3.01. The first kappa shape index (κ1) is 14.5. The fourth-order valence-corrected chi connectivity index (χ4v) is 3.63. The summed E-state index contributed by atoms with van der Waals surface area (Å²) >= 11 is 0. The maximum Gasteiger partial charge on any atom is 0.156 e. The van der Waals surface area contributed by atoms with Gasteiger partial charge in [0.05, 0.1) is 5.69 Å². The number of oxime groups is 1. The van der Waals surface area contributed by atoms with Crippen LogP contribution >= 0.6 is 0 Å². The van der Waals surface area contributed by atoms with Crippen molar-refractivity contribution in [2.24, 2.45) is 12.2 Å². The SMILES string of the molecule is Cn1cccc1CN1CCCC2(CC(c3ccccn3)=NO2)C1. The molecule has 1 unspecified atom stereocenters. The molecule has 0 radical (unpaired) electrons. The normalized spacial score (nSPS) is 24.7. The molecule has 1 spiro atoms. The van der Waals surface area contributed by atoms with E-state index >= 15 is 0 Å². The summed E-state index contributed by atoms with van der Waals surface area (Å²) in [5.74, 6) is 0. The van der Waals surface area contributed by atoms with E-state index in [1.165, 1.54) is 5.69 Å². The van der Waals surface area contributed by atoms with Crippen LogP contribution in [0, 0.1) is 0 Å². The molecule has 1 saturated heterocycles. The molecule has 0 saturated carbocycles. The van der Waals surface area contributed by atoms with Crippen molar-refractivity contribution in [3.05, 3.63) is 54.1 Å². The number of hydrogen-bond donors (Lipinski definition) is 0. The zero-order valence-corrected chi connectivity index (χ0v) is 13.5. The van der Waals surface area contributed by atoms with Crippen molar-refractivity contribution in [1.29, 1.82) is 0 Å². The van der Waals surface area contributed by atoms with E-state index < -0.39 is 0 Å². The standard InChI is InChI=1S/C18H22N4O/c1-21-10-4-6-15(21)13-22-11-5-8-18(14-22)12-17(20-23-18)16-7-2-3-9-19-16/h2-4,6-7,9-10H,5,8,11-14H2,1H3. The lowest BCUT2D eigenvalue weighted by molar-refractivity contribution is -0.0707. The Morgan fingerprint density at radius 2 is 2.22 bits per heavy atom. The number of piperidine rings is 1. The van der Waals surface area contributed by atoms with Crippen LogP contribution in [0.4, 0.5) is 0 Å². The summed E-state index contributed by atoms with van der Waals surface area (Å²) in [6, 6.07) is 10.2. The summed E-state index contributed by atoms with van der Waals surface area (Å²) in [7, 11) is 2.10. The summed E-state index contributed by atoms with van der Waals surface area (Å²) in [5, 5.41) is 4.35. The van der Waals surface area contributed by atoms with Crippen molar-refractivity contribution in [3.63, 3.8) is 0 Å². The molecule has 4 heterocycles. The Hall–Kier alpha value is -2.14. The van der Waals surface area contributed by atoms with Gasteiger partial charge in [-0.05, 0) is 43.7 Å². The van der Waals surface area contributed by atoms with E-state index in [9.17, 15) is 0 Å². The first-order chi connectivity index (χ1) is 11.2. The van der Waals surface area contributed by atoms with E-state index in [1.54, 1.807) is 0 Å². The second-order valence-corrected chi connectivity index (χ2v) is 6.63. The van der Waals surface area contributed by atoms with Crippen molar-refractivity contribution in [1.82, 2.24) is 14.5 Å². The molecule has 2 aromatic heterocycles. The third-order valence-electron chi connectivity index (χ3n) is 4.86. The average Bonchev–Trinajstić information content (AvgIpc) is 3.16. The molecule has 5 nitrogen and oxygen atoms in total. The topological polar surface area (TPSA) is 42.7 Å². The molecule has 5 heteroatoms. The van der Waals surface area contributed by atoms with Gasteiger partial charge in [-0.25, -0.2) is 0 Å². The molecule has 1 fully saturated rings. The maximum absolute atomic E-state index is 5.93. The molecule has 0 amide bonds. The highest BCUT2D eigenvalue weighted by atomic mass is 16.7. The van der Waals surface area contributed by atoms with Crippen LogP contribution in [0.5, 0.6) is 0 Å². The van der Waals surface area contributed by atoms with Gasteiger partial charge in [0.15, 0.2) is 5.60 Å². The third kappa shape index (κ3) is 2.88.